The fourth-order valence-electron chi connectivity index (χ4n) is 2.54. The number of hydrogen-bond donors (Lipinski definition) is 3. The highest BCUT2D eigenvalue weighted by molar-refractivity contribution is 5.95. The van der Waals surface area contributed by atoms with Gasteiger partial charge in [-0.1, -0.05) is 6.92 Å². The number of likely N-dealkylation sites (tertiary alicyclic amines) is 1. The number of urea groups is 1. The Balaban J connectivity index is 2.11. The molecule has 2 unspecified atom stereocenters. The van der Waals surface area contributed by atoms with E-state index in [0.29, 0.717) is 23.7 Å². The van der Waals surface area contributed by atoms with E-state index in [9.17, 15) is 14.7 Å². The number of nitrogens with one attached hydrogen (secondary N) is 1. The summed E-state index contributed by atoms with van der Waals surface area (Å²) in [7, 11) is 0. The third-order valence-corrected chi connectivity index (χ3v) is 3.73. The van der Waals surface area contributed by atoms with Gasteiger partial charge in [0.1, 0.15) is 0 Å². The van der Waals surface area contributed by atoms with Crippen LogP contribution in [-0.4, -0.2) is 41.1 Å². The number of nitrogens with zero attached hydrogens (tertiary/aromatic N) is 1. The molecule has 3 amide bonds. The van der Waals surface area contributed by atoms with Gasteiger partial charge in [-0.25, -0.2) is 4.79 Å². The van der Waals surface area contributed by atoms with Crippen molar-refractivity contribution >= 4 is 17.6 Å². The topological polar surface area (TPSA) is 95.7 Å². The molecule has 2 rings (SSSR count). The van der Waals surface area contributed by atoms with Crippen molar-refractivity contribution in [3.8, 4) is 0 Å². The van der Waals surface area contributed by atoms with Crippen LogP contribution in [0.1, 0.15) is 23.7 Å². The minimum atomic E-state index is -0.641. The van der Waals surface area contributed by atoms with Crippen LogP contribution in [0.5, 0.6) is 0 Å². The van der Waals surface area contributed by atoms with Crippen molar-refractivity contribution in [1.29, 1.82) is 0 Å². The molecule has 4 N–H and O–H groups in total. The van der Waals surface area contributed by atoms with Gasteiger partial charge in [0.15, 0.2) is 0 Å². The minimum absolute atomic E-state index is 0.0196. The van der Waals surface area contributed by atoms with E-state index in [2.05, 4.69) is 5.32 Å². The molecule has 1 aromatic rings. The van der Waals surface area contributed by atoms with E-state index >= 15 is 0 Å². The second kappa shape index (κ2) is 5.92. The molecule has 0 aliphatic carbocycles. The monoisotopic (exact) mass is 277 g/mol. The number of primary amides is 1. The Labute approximate surface area is 117 Å². The molecule has 0 saturated carbocycles. The molecule has 6 heteroatoms. The van der Waals surface area contributed by atoms with Gasteiger partial charge in [0.2, 0.25) is 0 Å². The molecule has 1 fully saturated rings. The van der Waals surface area contributed by atoms with Gasteiger partial charge >= 0.3 is 6.03 Å². The number of aliphatic hydroxyl groups is 1. The molecule has 1 aromatic carbocycles. The van der Waals surface area contributed by atoms with Crippen LogP contribution < -0.4 is 11.1 Å². The zero-order valence-corrected chi connectivity index (χ0v) is 11.4. The van der Waals surface area contributed by atoms with Gasteiger partial charge in [-0.05, 0) is 36.6 Å². The second-order valence-corrected chi connectivity index (χ2v) is 5.08. The minimum Gasteiger partial charge on any atom is -0.394 e. The first-order chi connectivity index (χ1) is 9.52. The van der Waals surface area contributed by atoms with Crippen LogP contribution in [0, 0.1) is 5.92 Å². The molecule has 0 aromatic heterocycles. The van der Waals surface area contributed by atoms with Gasteiger partial charge in [0, 0.05) is 17.8 Å². The van der Waals surface area contributed by atoms with Crippen molar-refractivity contribution in [2.24, 2.45) is 11.7 Å². The molecule has 1 heterocycles. The zero-order valence-electron chi connectivity index (χ0n) is 11.4. The highest BCUT2D eigenvalue weighted by Gasteiger charge is 2.34. The molecule has 20 heavy (non-hydrogen) atoms. The highest BCUT2D eigenvalue weighted by Crippen LogP contribution is 2.25. The molecular formula is C14H19N3O3. The van der Waals surface area contributed by atoms with Crippen molar-refractivity contribution in [1.82, 2.24) is 4.90 Å². The van der Waals surface area contributed by atoms with E-state index in [1.807, 2.05) is 6.92 Å². The summed E-state index contributed by atoms with van der Waals surface area (Å²) >= 11 is 0. The Morgan fingerprint density at radius 1 is 1.40 bits per heavy atom. The fraction of sp³-hybridized carbons (Fsp3) is 0.429. The van der Waals surface area contributed by atoms with Crippen LogP contribution in [-0.2, 0) is 0 Å². The molecule has 0 radical (unpaired) electrons. The average molecular weight is 277 g/mol. The van der Waals surface area contributed by atoms with Crippen LogP contribution in [0.2, 0.25) is 0 Å². The largest absolute Gasteiger partial charge is 0.394 e. The molecule has 2 atom stereocenters. The summed E-state index contributed by atoms with van der Waals surface area (Å²) in [5.74, 6) is 0.207. The summed E-state index contributed by atoms with van der Waals surface area (Å²) in [4.78, 5) is 24.8. The predicted molar refractivity (Wildman–Crippen MR) is 75.3 cm³/mol. The molecule has 1 aliphatic rings. The number of aliphatic hydroxyl groups excluding tert-OH is 1. The van der Waals surface area contributed by atoms with Crippen molar-refractivity contribution in [2.75, 3.05) is 18.5 Å². The third-order valence-electron chi connectivity index (χ3n) is 3.73. The molecule has 108 valence electrons. The lowest BCUT2D eigenvalue weighted by Crippen LogP contribution is -2.39. The summed E-state index contributed by atoms with van der Waals surface area (Å²) in [6, 6.07) is 5.79. The number of anilines is 1. The van der Waals surface area contributed by atoms with E-state index in [1.54, 1.807) is 29.2 Å². The Morgan fingerprint density at radius 3 is 2.60 bits per heavy atom. The molecule has 1 aliphatic heterocycles. The van der Waals surface area contributed by atoms with Crippen molar-refractivity contribution < 1.29 is 14.7 Å². The van der Waals surface area contributed by atoms with Crippen LogP contribution in [0.4, 0.5) is 10.5 Å². The average Bonchev–Trinajstić information content (AvgIpc) is 2.79. The van der Waals surface area contributed by atoms with E-state index in [0.717, 1.165) is 6.42 Å². The standard InChI is InChI=1S/C14H19N3O3/c1-9-6-7-17(12(9)8-18)13(19)10-2-4-11(5-3-10)16-14(15)20/h2-5,9,12,18H,6-8H2,1H3,(H3,15,16,20). The summed E-state index contributed by atoms with van der Waals surface area (Å²) < 4.78 is 0. The first-order valence-electron chi connectivity index (χ1n) is 6.61. The second-order valence-electron chi connectivity index (χ2n) is 5.08. The predicted octanol–water partition coefficient (Wildman–Crippen LogP) is 1.02. The number of carbonyl (C=O) groups is 2. The molecule has 0 bridgehead atoms. The van der Waals surface area contributed by atoms with Gasteiger partial charge in [0.05, 0.1) is 12.6 Å². The molecular weight excluding hydrogens is 258 g/mol. The van der Waals surface area contributed by atoms with E-state index < -0.39 is 6.03 Å². The molecule has 1 saturated heterocycles. The summed E-state index contributed by atoms with van der Waals surface area (Å²) in [6.45, 7) is 2.68. The zero-order chi connectivity index (χ0) is 14.7. The van der Waals surface area contributed by atoms with Gasteiger partial charge in [-0.3, -0.25) is 4.79 Å². The Hall–Kier alpha value is -2.08. The lowest BCUT2D eigenvalue weighted by Gasteiger charge is -2.25. The maximum Gasteiger partial charge on any atom is 0.316 e. The first-order valence-corrected chi connectivity index (χ1v) is 6.61. The summed E-state index contributed by atoms with van der Waals surface area (Å²) in [6.07, 6.45) is 0.901. The number of rotatable bonds is 3. The van der Waals surface area contributed by atoms with Gasteiger partial charge in [-0.15, -0.1) is 0 Å². The van der Waals surface area contributed by atoms with Crippen LogP contribution >= 0.6 is 0 Å². The van der Waals surface area contributed by atoms with Crippen molar-refractivity contribution in [2.45, 2.75) is 19.4 Å². The van der Waals surface area contributed by atoms with Crippen molar-refractivity contribution in [3.05, 3.63) is 29.8 Å². The van der Waals surface area contributed by atoms with Crippen LogP contribution in [0.3, 0.4) is 0 Å². The lowest BCUT2D eigenvalue weighted by molar-refractivity contribution is 0.0648. The smallest absolute Gasteiger partial charge is 0.316 e. The number of benzene rings is 1. The number of hydrogen-bond acceptors (Lipinski definition) is 3. The van der Waals surface area contributed by atoms with Crippen molar-refractivity contribution in [3.63, 3.8) is 0 Å². The maximum absolute atomic E-state index is 12.4. The Morgan fingerprint density at radius 2 is 2.05 bits per heavy atom. The fourth-order valence-corrected chi connectivity index (χ4v) is 2.54. The Kier molecular flexibility index (Phi) is 4.24. The van der Waals surface area contributed by atoms with Gasteiger partial charge in [-0.2, -0.15) is 0 Å². The van der Waals surface area contributed by atoms with Crippen LogP contribution in [0.25, 0.3) is 0 Å². The first kappa shape index (κ1) is 14.3. The third kappa shape index (κ3) is 2.91. The lowest BCUT2D eigenvalue weighted by atomic mass is 10.0. The van der Waals surface area contributed by atoms with E-state index in [-0.39, 0.29) is 18.6 Å². The SMILES string of the molecule is CC1CCN(C(=O)c2ccc(NC(N)=O)cc2)C1CO. The van der Waals surface area contributed by atoms with Gasteiger partial charge < -0.3 is 21.1 Å². The maximum atomic E-state index is 12.4. The molecule has 6 nitrogen and oxygen atoms in total. The van der Waals surface area contributed by atoms with Crippen LogP contribution in [0.15, 0.2) is 24.3 Å². The normalized spacial score (nSPS) is 21.8. The number of nitrogens with two attached hydrogens (primary N) is 1. The van der Waals surface area contributed by atoms with Gasteiger partial charge in [0.25, 0.3) is 5.91 Å². The quantitative estimate of drug-likeness (QED) is 0.769. The number of carbonyl (C=O) groups excluding carboxylic acids is 2. The summed E-state index contributed by atoms with van der Waals surface area (Å²) in [5, 5.41) is 11.8. The summed E-state index contributed by atoms with van der Waals surface area (Å²) in [5.41, 5.74) is 6.10. The highest BCUT2D eigenvalue weighted by atomic mass is 16.3. The molecule has 0 spiro atoms. The number of amides is 3. The Bertz CT molecular complexity index is 501. The van der Waals surface area contributed by atoms with E-state index in [1.165, 1.54) is 0 Å². The van der Waals surface area contributed by atoms with E-state index in [4.69, 9.17) is 5.73 Å².